The second-order valence-corrected chi connectivity index (χ2v) is 11.0. The number of hydrogen-bond acceptors (Lipinski definition) is 9. The summed E-state index contributed by atoms with van der Waals surface area (Å²) < 4.78 is 13.5. The monoisotopic (exact) mass is 586 g/mol. The maximum Gasteiger partial charge on any atom is 0.410 e. The number of likely N-dealkylation sites (N-methyl/N-ethyl adjacent to an activating group) is 1. The van der Waals surface area contributed by atoms with Gasteiger partial charge in [-0.15, -0.1) is 10.2 Å². The Morgan fingerprint density at radius 3 is 2.42 bits per heavy atom. The van der Waals surface area contributed by atoms with Gasteiger partial charge in [0.15, 0.2) is 17.3 Å². The lowest BCUT2D eigenvalue weighted by Crippen LogP contribution is -2.47. The minimum atomic E-state index is -1.02. The number of ether oxygens (including phenoxy) is 2. The van der Waals surface area contributed by atoms with Crippen molar-refractivity contribution in [3.05, 3.63) is 89.9 Å². The molecule has 2 aromatic heterocycles. The van der Waals surface area contributed by atoms with Crippen LogP contribution in [0.5, 0.6) is 0 Å². The van der Waals surface area contributed by atoms with Gasteiger partial charge in [0.1, 0.15) is 12.4 Å². The van der Waals surface area contributed by atoms with Crippen LogP contribution in [0.1, 0.15) is 43.9 Å². The van der Waals surface area contributed by atoms with Gasteiger partial charge in [-0.3, -0.25) is 19.3 Å². The third-order valence-electron chi connectivity index (χ3n) is 6.83. The Morgan fingerprint density at radius 1 is 0.977 bits per heavy atom. The molecule has 0 bridgehead atoms. The molecule has 0 fully saturated rings. The molecule has 0 spiro atoms. The van der Waals surface area contributed by atoms with Crippen LogP contribution in [-0.2, 0) is 32.3 Å². The number of nitrogens with zero attached hydrogens (tertiary/aromatic N) is 4. The van der Waals surface area contributed by atoms with Crippen molar-refractivity contribution >= 4 is 23.3 Å². The van der Waals surface area contributed by atoms with Gasteiger partial charge < -0.3 is 20.1 Å². The number of benzene rings is 2. The molecular weight excluding hydrogens is 548 g/mol. The average molecular weight is 587 g/mol. The highest BCUT2D eigenvalue weighted by Crippen LogP contribution is 2.25. The van der Waals surface area contributed by atoms with Gasteiger partial charge in [-0.25, -0.2) is 4.79 Å². The van der Waals surface area contributed by atoms with E-state index in [0.29, 0.717) is 23.8 Å². The number of nitrogens with one attached hydrogen (secondary N) is 1. The summed E-state index contributed by atoms with van der Waals surface area (Å²) in [6.07, 6.45) is -0.632. The molecule has 226 valence electrons. The van der Waals surface area contributed by atoms with Gasteiger partial charge in [0, 0.05) is 7.05 Å². The normalized spacial score (nSPS) is 12.2. The molecule has 43 heavy (non-hydrogen) atoms. The number of hydrogen-bond donors (Lipinski definition) is 2. The molecule has 11 nitrogen and oxygen atoms in total. The summed E-state index contributed by atoms with van der Waals surface area (Å²) in [4.78, 5) is 37.8. The second kappa shape index (κ2) is 14.1. The molecule has 0 saturated heterocycles. The number of amides is 1. The molecule has 1 atom stereocenters. The first kappa shape index (κ1) is 31.5. The van der Waals surface area contributed by atoms with Crippen molar-refractivity contribution in [2.45, 2.75) is 45.6 Å². The van der Waals surface area contributed by atoms with Gasteiger partial charge >= 0.3 is 6.09 Å². The number of carbonyl (C=O) groups is 3. The van der Waals surface area contributed by atoms with E-state index in [2.05, 4.69) is 33.7 Å². The Bertz CT molecular complexity index is 1560. The molecule has 4 rings (SSSR count). The fourth-order valence-electron chi connectivity index (χ4n) is 4.51. The van der Waals surface area contributed by atoms with Crippen molar-refractivity contribution in [3.63, 3.8) is 0 Å². The molecule has 0 aliphatic rings. The Kier molecular flexibility index (Phi) is 10.4. The van der Waals surface area contributed by atoms with E-state index >= 15 is 0 Å². The Balaban J connectivity index is 1.57. The molecule has 1 amide bonds. The average Bonchev–Trinajstić information content (AvgIpc) is 3.42. The number of Topliss-reactive ketones (excluding diaryl/α,β-unsaturated/α-hetero) is 2. The first-order valence-electron chi connectivity index (χ1n) is 14.0. The molecule has 2 heterocycles. The van der Waals surface area contributed by atoms with Crippen LogP contribution in [0, 0.1) is 0 Å². The van der Waals surface area contributed by atoms with Crippen LogP contribution < -0.4 is 11.1 Å². The number of fused-ring (bicyclic) bond motifs is 1. The summed E-state index contributed by atoms with van der Waals surface area (Å²) in [7, 11) is 1.50. The number of pyridine rings is 1. The van der Waals surface area contributed by atoms with E-state index in [1.165, 1.54) is 18.9 Å². The Morgan fingerprint density at radius 2 is 1.70 bits per heavy atom. The smallest absolute Gasteiger partial charge is 0.410 e. The van der Waals surface area contributed by atoms with Gasteiger partial charge in [-0.05, 0) is 49.6 Å². The van der Waals surface area contributed by atoms with Crippen LogP contribution in [0.4, 0.5) is 4.79 Å². The molecule has 4 aromatic rings. The number of rotatable bonds is 14. The lowest BCUT2D eigenvalue weighted by molar-refractivity contribution is -0.122. The molecule has 11 heteroatoms. The number of aromatic nitrogens is 3. The summed E-state index contributed by atoms with van der Waals surface area (Å²) in [5.41, 5.74) is 9.33. The molecule has 0 aliphatic carbocycles. The minimum absolute atomic E-state index is 0.0139. The van der Waals surface area contributed by atoms with Crippen LogP contribution in [-0.4, -0.2) is 69.4 Å². The van der Waals surface area contributed by atoms with Crippen molar-refractivity contribution in [2.24, 2.45) is 5.73 Å². The fraction of sp³-hybridized carbons (Fsp3) is 0.344. The zero-order chi connectivity index (χ0) is 31.0. The zero-order valence-corrected chi connectivity index (χ0v) is 24.9. The van der Waals surface area contributed by atoms with Gasteiger partial charge in [0.25, 0.3) is 0 Å². The largest absolute Gasteiger partial charge is 0.443 e. The van der Waals surface area contributed by atoms with Crippen molar-refractivity contribution in [1.82, 2.24) is 24.8 Å². The fourth-order valence-corrected chi connectivity index (χ4v) is 4.51. The summed E-state index contributed by atoms with van der Waals surface area (Å²) in [5.74, 6) is 0.152. The Labute approximate surface area is 251 Å². The van der Waals surface area contributed by atoms with E-state index in [9.17, 15) is 14.4 Å². The maximum absolute atomic E-state index is 12.7. The highest BCUT2D eigenvalue weighted by atomic mass is 16.6. The van der Waals surface area contributed by atoms with Crippen LogP contribution in [0.25, 0.3) is 16.8 Å². The Hall–Kier alpha value is -4.45. The zero-order valence-electron chi connectivity index (χ0n) is 24.9. The SMILES string of the molecule is CC(=O)CN(C)C(=O)OCc1cccc2nnc([C@@H](COCc3ccccc3-c3ccccc3)NCC(=O)C(C)(C)N)n12. The van der Waals surface area contributed by atoms with Crippen LogP contribution in [0.2, 0.25) is 0 Å². The van der Waals surface area contributed by atoms with Crippen molar-refractivity contribution < 1.29 is 23.9 Å². The van der Waals surface area contributed by atoms with Gasteiger partial charge in [-0.2, -0.15) is 0 Å². The predicted octanol–water partition coefficient (Wildman–Crippen LogP) is 3.71. The number of carbonyl (C=O) groups excluding carboxylic acids is 3. The van der Waals surface area contributed by atoms with E-state index in [0.717, 1.165) is 16.7 Å². The van der Waals surface area contributed by atoms with Crippen LogP contribution >= 0.6 is 0 Å². The van der Waals surface area contributed by atoms with E-state index in [4.69, 9.17) is 15.2 Å². The highest BCUT2D eigenvalue weighted by Gasteiger charge is 2.26. The summed E-state index contributed by atoms with van der Waals surface area (Å²) in [6.45, 7) is 5.05. The number of ketones is 2. The lowest BCUT2D eigenvalue weighted by Gasteiger charge is -2.22. The minimum Gasteiger partial charge on any atom is -0.443 e. The third kappa shape index (κ3) is 8.31. The summed E-state index contributed by atoms with van der Waals surface area (Å²) in [6, 6.07) is 22.9. The number of nitrogens with two attached hydrogens (primary N) is 1. The van der Waals surface area contributed by atoms with E-state index in [1.807, 2.05) is 36.4 Å². The quantitative estimate of drug-likeness (QED) is 0.226. The molecule has 0 saturated carbocycles. The van der Waals surface area contributed by atoms with Crippen LogP contribution in [0.15, 0.2) is 72.8 Å². The first-order valence-corrected chi connectivity index (χ1v) is 14.0. The van der Waals surface area contributed by atoms with E-state index in [-0.39, 0.29) is 37.9 Å². The molecule has 3 N–H and O–H groups in total. The summed E-state index contributed by atoms with van der Waals surface area (Å²) in [5, 5.41) is 12.0. The van der Waals surface area contributed by atoms with Crippen molar-refractivity contribution in [2.75, 3.05) is 26.7 Å². The van der Waals surface area contributed by atoms with Crippen LogP contribution in [0.3, 0.4) is 0 Å². The lowest BCUT2D eigenvalue weighted by atomic mass is 10.0. The predicted molar refractivity (Wildman–Crippen MR) is 162 cm³/mol. The molecule has 0 radical (unpaired) electrons. The van der Waals surface area contributed by atoms with E-state index < -0.39 is 17.7 Å². The third-order valence-corrected chi connectivity index (χ3v) is 6.83. The highest BCUT2D eigenvalue weighted by molar-refractivity contribution is 5.89. The molecule has 0 aliphatic heterocycles. The second-order valence-electron chi connectivity index (χ2n) is 11.0. The first-order chi connectivity index (χ1) is 20.5. The summed E-state index contributed by atoms with van der Waals surface area (Å²) >= 11 is 0. The van der Waals surface area contributed by atoms with Crippen molar-refractivity contribution in [3.8, 4) is 11.1 Å². The van der Waals surface area contributed by atoms with E-state index in [1.54, 1.807) is 36.4 Å². The van der Waals surface area contributed by atoms with Gasteiger partial charge in [-0.1, -0.05) is 60.7 Å². The van der Waals surface area contributed by atoms with Crippen molar-refractivity contribution in [1.29, 1.82) is 0 Å². The van der Waals surface area contributed by atoms with Gasteiger partial charge in [0.05, 0.1) is 43.6 Å². The molecule has 2 aromatic carbocycles. The topological polar surface area (TPSA) is 141 Å². The van der Waals surface area contributed by atoms with Gasteiger partial charge in [0.2, 0.25) is 0 Å². The molecule has 0 unspecified atom stereocenters. The standard InChI is InChI=1S/C32H38N6O5/c1-22(39)18-37(4)31(41)43-20-25-14-10-16-29-35-36-30(38(25)29)27(34-17-28(40)32(2,3)33)21-42-19-24-13-8-9-15-26(24)23-11-6-5-7-12-23/h5-16,27,34H,17-21,33H2,1-4H3/t27-/m1/s1. The molecular formula is C32H38N6O5. The maximum atomic E-state index is 12.7.